The highest BCUT2D eigenvalue weighted by atomic mass is 32.2. The highest BCUT2D eigenvalue weighted by Crippen LogP contribution is 2.42. The maximum Gasteiger partial charge on any atom is 0.269 e. The summed E-state index contributed by atoms with van der Waals surface area (Å²) in [6.45, 7) is 0. The van der Waals surface area contributed by atoms with Gasteiger partial charge in [-0.2, -0.15) is 0 Å². The fourth-order valence-electron chi connectivity index (χ4n) is 3.12. The summed E-state index contributed by atoms with van der Waals surface area (Å²) in [6.07, 6.45) is 4.87. The molecule has 0 aliphatic heterocycles. The van der Waals surface area contributed by atoms with Gasteiger partial charge in [-0.3, -0.25) is 0 Å². The SMILES string of the molecule is Nc1ncnc2c1c(-c1cc(C3CC3)on1)cn2S(=O)(=O)c1ccccc1. The molecule has 3 heterocycles. The minimum atomic E-state index is -3.85. The molecule has 9 heteroatoms. The highest BCUT2D eigenvalue weighted by molar-refractivity contribution is 7.90. The van der Waals surface area contributed by atoms with E-state index in [1.807, 2.05) is 6.07 Å². The van der Waals surface area contributed by atoms with Gasteiger partial charge in [0.2, 0.25) is 0 Å². The van der Waals surface area contributed by atoms with Crippen LogP contribution in [0.15, 0.2) is 58.3 Å². The number of nitrogen functional groups attached to an aromatic ring is 1. The number of benzene rings is 1. The first-order valence-corrected chi connectivity index (χ1v) is 9.89. The summed E-state index contributed by atoms with van der Waals surface area (Å²) in [7, 11) is -3.85. The van der Waals surface area contributed by atoms with Crippen LogP contribution in [0.3, 0.4) is 0 Å². The van der Waals surface area contributed by atoms with Crippen molar-refractivity contribution in [2.75, 3.05) is 5.73 Å². The second-order valence-electron chi connectivity index (χ2n) is 6.50. The van der Waals surface area contributed by atoms with E-state index in [9.17, 15) is 8.42 Å². The predicted molar refractivity (Wildman–Crippen MR) is 98.4 cm³/mol. The first-order valence-electron chi connectivity index (χ1n) is 8.45. The number of aromatic nitrogens is 4. The Bertz CT molecular complexity index is 1260. The van der Waals surface area contributed by atoms with E-state index in [2.05, 4.69) is 15.1 Å². The van der Waals surface area contributed by atoms with Gasteiger partial charge in [0.25, 0.3) is 10.0 Å². The maximum absolute atomic E-state index is 13.1. The van der Waals surface area contributed by atoms with Gasteiger partial charge in [-0.15, -0.1) is 0 Å². The van der Waals surface area contributed by atoms with Gasteiger partial charge in [-0.05, 0) is 25.0 Å². The largest absolute Gasteiger partial charge is 0.383 e. The lowest BCUT2D eigenvalue weighted by atomic mass is 10.1. The maximum atomic E-state index is 13.1. The Morgan fingerprint density at radius 1 is 1.15 bits per heavy atom. The van der Waals surface area contributed by atoms with Crippen LogP contribution in [0.4, 0.5) is 5.82 Å². The lowest BCUT2D eigenvalue weighted by molar-refractivity contribution is 0.386. The molecule has 4 aromatic rings. The Hall–Kier alpha value is -3.20. The molecular weight excluding hydrogens is 366 g/mol. The normalized spacial score (nSPS) is 14.7. The molecule has 0 atom stereocenters. The number of fused-ring (bicyclic) bond motifs is 1. The third-order valence-electron chi connectivity index (χ3n) is 4.67. The summed E-state index contributed by atoms with van der Waals surface area (Å²) >= 11 is 0. The van der Waals surface area contributed by atoms with Crippen LogP contribution in [0.2, 0.25) is 0 Å². The fourth-order valence-corrected chi connectivity index (χ4v) is 4.46. The average molecular weight is 381 g/mol. The van der Waals surface area contributed by atoms with Crippen molar-refractivity contribution in [2.24, 2.45) is 0 Å². The molecule has 1 fully saturated rings. The molecule has 5 rings (SSSR count). The molecule has 0 saturated heterocycles. The van der Waals surface area contributed by atoms with E-state index in [-0.39, 0.29) is 16.4 Å². The number of anilines is 1. The summed E-state index contributed by atoms with van der Waals surface area (Å²) in [5.74, 6) is 1.38. The molecule has 3 aromatic heterocycles. The van der Waals surface area contributed by atoms with Crippen molar-refractivity contribution in [2.45, 2.75) is 23.7 Å². The van der Waals surface area contributed by atoms with Crippen LogP contribution in [0.25, 0.3) is 22.3 Å². The molecule has 1 aliphatic rings. The van der Waals surface area contributed by atoms with Crippen molar-refractivity contribution in [3.63, 3.8) is 0 Å². The number of rotatable bonds is 4. The van der Waals surface area contributed by atoms with Gasteiger partial charge < -0.3 is 10.3 Å². The van der Waals surface area contributed by atoms with Crippen LogP contribution in [0.5, 0.6) is 0 Å². The van der Waals surface area contributed by atoms with E-state index in [0.717, 1.165) is 22.6 Å². The minimum Gasteiger partial charge on any atom is -0.383 e. The third kappa shape index (κ3) is 2.50. The third-order valence-corrected chi connectivity index (χ3v) is 6.33. The number of nitrogens with two attached hydrogens (primary N) is 1. The van der Waals surface area contributed by atoms with E-state index in [0.29, 0.717) is 22.6 Å². The molecule has 2 N–H and O–H groups in total. The lowest BCUT2D eigenvalue weighted by Crippen LogP contribution is -2.12. The first kappa shape index (κ1) is 16.0. The zero-order valence-corrected chi connectivity index (χ0v) is 14.9. The smallest absolute Gasteiger partial charge is 0.269 e. The van der Waals surface area contributed by atoms with E-state index in [1.165, 1.54) is 24.7 Å². The molecule has 0 bridgehead atoms. The van der Waals surface area contributed by atoms with E-state index < -0.39 is 10.0 Å². The van der Waals surface area contributed by atoms with E-state index in [1.54, 1.807) is 18.2 Å². The van der Waals surface area contributed by atoms with Crippen molar-refractivity contribution in [3.05, 3.63) is 54.7 Å². The van der Waals surface area contributed by atoms with Crippen molar-refractivity contribution in [1.82, 2.24) is 19.1 Å². The number of nitrogens with zero attached hydrogens (tertiary/aromatic N) is 4. The van der Waals surface area contributed by atoms with Crippen molar-refractivity contribution in [1.29, 1.82) is 0 Å². The number of hydrogen-bond donors (Lipinski definition) is 1. The summed E-state index contributed by atoms with van der Waals surface area (Å²) in [6, 6.07) is 10.00. The Kier molecular flexibility index (Phi) is 3.35. The molecule has 1 saturated carbocycles. The molecule has 0 unspecified atom stereocenters. The molecule has 0 spiro atoms. The second-order valence-corrected chi connectivity index (χ2v) is 8.32. The zero-order valence-electron chi connectivity index (χ0n) is 14.1. The summed E-state index contributed by atoms with van der Waals surface area (Å²) in [4.78, 5) is 8.34. The molecule has 136 valence electrons. The monoisotopic (exact) mass is 381 g/mol. The van der Waals surface area contributed by atoms with Gasteiger partial charge in [-0.1, -0.05) is 23.4 Å². The minimum absolute atomic E-state index is 0.157. The molecule has 0 radical (unpaired) electrons. The van der Waals surface area contributed by atoms with Crippen molar-refractivity contribution in [3.8, 4) is 11.3 Å². The predicted octanol–water partition coefficient (Wildman–Crippen LogP) is 2.78. The molecular formula is C18H15N5O3S. The summed E-state index contributed by atoms with van der Waals surface area (Å²) in [5.41, 5.74) is 7.30. The molecule has 0 amide bonds. The quantitative estimate of drug-likeness (QED) is 0.577. The van der Waals surface area contributed by atoms with E-state index >= 15 is 0 Å². The van der Waals surface area contributed by atoms with Crippen LogP contribution in [0, 0.1) is 0 Å². The fraction of sp³-hybridized carbons (Fsp3) is 0.167. The number of hydrogen-bond acceptors (Lipinski definition) is 7. The molecule has 1 aliphatic carbocycles. The molecule has 27 heavy (non-hydrogen) atoms. The summed E-state index contributed by atoms with van der Waals surface area (Å²) < 4.78 is 32.8. The van der Waals surface area contributed by atoms with Gasteiger partial charge in [0.1, 0.15) is 23.6 Å². The van der Waals surface area contributed by atoms with Crippen molar-refractivity contribution >= 4 is 26.9 Å². The van der Waals surface area contributed by atoms with Gasteiger partial charge >= 0.3 is 0 Å². The lowest BCUT2D eigenvalue weighted by Gasteiger charge is -2.06. The van der Waals surface area contributed by atoms with Gasteiger partial charge in [0, 0.05) is 23.7 Å². The van der Waals surface area contributed by atoms with Crippen LogP contribution in [0.1, 0.15) is 24.5 Å². The van der Waals surface area contributed by atoms with Crippen LogP contribution in [-0.2, 0) is 10.0 Å². The Balaban J connectivity index is 1.76. The van der Waals surface area contributed by atoms with Gasteiger partial charge in [0.05, 0.1) is 10.3 Å². The van der Waals surface area contributed by atoms with Gasteiger partial charge in [-0.25, -0.2) is 22.4 Å². The summed E-state index contributed by atoms with van der Waals surface area (Å²) in [5, 5.41) is 4.55. The topological polar surface area (TPSA) is 117 Å². The van der Waals surface area contributed by atoms with Crippen LogP contribution < -0.4 is 5.73 Å². The Labute approximate surface area is 154 Å². The first-order chi connectivity index (χ1) is 13.1. The second kappa shape index (κ2) is 5.65. The standard InChI is InChI=1S/C18H15N5O3S/c19-17-16-13(14-8-15(26-22-14)11-6-7-11)9-23(18(16)21-10-20-17)27(24,25)12-4-2-1-3-5-12/h1-5,8-11H,6-7H2,(H2,19,20,21). The zero-order chi connectivity index (χ0) is 18.6. The van der Waals surface area contributed by atoms with Crippen LogP contribution in [-0.4, -0.2) is 27.5 Å². The van der Waals surface area contributed by atoms with Crippen LogP contribution >= 0.6 is 0 Å². The average Bonchev–Trinajstić information content (AvgIpc) is 3.26. The highest BCUT2D eigenvalue weighted by Gasteiger charge is 2.30. The van der Waals surface area contributed by atoms with Crippen molar-refractivity contribution < 1.29 is 12.9 Å². The Morgan fingerprint density at radius 2 is 1.93 bits per heavy atom. The molecule has 1 aromatic carbocycles. The molecule has 8 nitrogen and oxygen atoms in total. The Morgan fingerprint density at radius 3 is 2.67 bits per heavy atom. The van der Waals surface area contributed by atoms with Gasteiger partial charge in [0.15, 0.2) is 5.65 Å². The van der Waals surface area contributed by atoms with E-state index in [4.69, 9.17) is 10.3 Å².